The lowest BCUT2D eigenvalue weighted by Gasteiger charge is -2.18. The minimum absolute atomic E-state index is 0.0649. The number of nitrogens with zero attached hydrogens (tertiary/aromatic N) is 2. The predicted octanol–water partition coefficient (Wildman–Crippen LogP) is 5.39. The molecule has 2 aromatic carbocycles. The molecule has 0 aliphatic rings. The molecule has 0 N–H and O–H groups in total. The smallest absolute Gasteiger partial charge is 0.456 e. The summed E-state index contributed by atoms with van der Waals surface area (Å²) in [6.07, 6.45) is -4.81. The molecule has 1 amide bonds. The topological polar surface area (TPSA) is 68.7 Å². The molecular weight excluding hydrogens is 433 g/mol. The average molecular weight is 450 g/mol. The molecule has 0 spiro atoms. The second-order valence-corrected chi connectivity index (χ2v) is 7.30. The van der Waals surface area contributed by atoms with Gasteiger partial charge in [-0.15, -0.1) is 24.5 Å². The number of aromatic nitrogens is 1. The Morgan fingerprint density at radius 3 is 2.45 bits per heavy atom. The molecule has 0 radical (unpaired) electrons. The number of ether oxygens (including phenoxy) is 2. The van der Waals surface area contributed by atoms with Crippen LogP contribution in [0.1, 0.15) is 28.5 Å². The average Bonchev–Trinajstić information content (AvgIpc) is 3.14. The second-order valence-electron chi connectivity index (χ2n) is 6.46. The van der Waals surface area contributed by atoms with Gasteiger partial charge in [0.25, 0.3) is 0 Å². The summed E-state index contributed by atoms with van der Waals surface area (Å²) >= 11 is 1.22. The van der Waals surface area contributed by atoms with Crippen LogP contribution in [-0.4, -0.2) is 23.2 Å². The Balaban J connectivity index is 1.65. The van der Waals surface area contributed by atoms with Gasteiger partial charge in [-0.05, 0) is 48.9 Å². The Kier molecular flexibility index (Phi) is 6.59. The summed E-state index contributed by atoms with van der Waals surface area (Å²) in [6.45, 7) is 3.18. The summed E-state index contributed by atoms with van der Waals surface area (Å²) in [5.74, 6) is -1.38. The highest BCUT2D eigenvalue weighted by Crippen LogP contribution is 2.30. The Bertz CT molecular complexity index is 1080. The van der Waals surface area contributed by atoms with E-state index in [0.29, 0.717) is 16.5 Å². The van der Waals surface area contributed by atoms with Crippen LogP contribution in [0.25, 0.3) is 0 Å². The fourth-order valence-corrected chi connectivity index (χ4v) is 3.55. The number of hydrogen-bond acceptors (Lipinski definition) is 6. The maximum absolute atomic E-state index is 12.2. The molecule has 0 bridgehead atoms. The van der Waals surface area contributed by atoms with Gasteiger partial charge in [-0.25, -0.2) is 9.78 Å². The quantitative estimate of drug-likeness (QED) is 0.471. The van der Waals surface area contributed by atoms with E-state index < -0.39 is 18.1 Å². The Hall–Kier alpha value is -3.40. The monoisotopic (exact) mass is 450 g/mol. The molecule has 6 nitrogen and oxygen atoms in total. The van der Waals surface area contributed by atoms with Gasteiger partial charge in [0.2, 0.25) is 5.91 Å². The summed E-state index contributed by atoms with van der Waals surface area (Å²) in [7, 11) is 0. The highest BCUT2D eigenvalue weighted by atomic mass is 32.1. The molecule has 0 aliphatic carbocycles. The molecule has 162 valence electrons. The van der Waals surface area contributed by atoms with E-state index in [2.05, 4.69) is 9.72 Å². The Morgan fingerprint density at radius 1 is 1.13 bits per heavy atom. The third-order valence-electron chi connectivity index (χ3n) is 3.98. The van der Waals surface area contributed by atoms with Crippen molar-refractivity contribution in [1.82, 2.24) is 4.98 Å². The minimum atomic E-state index is -4.81. The highest BCUT2D eigenvalue weighted by Gasteiger charge is 2.31. The number of benzene rings is 2. The van der Waals surface area contributed by atoms with Crippen molar-refractivity contribution in [3.63, 3.8) is 0 Å². The summed E-state index contributed by atoms with van der Waals surface area (Å²) < 4.78 is 45.5. The molecule has 10 heteroatoms. The van der Waals surface area contributed by atoms with Gasteiger partial charge in [0, 0.05) is 12.3 Å². The highest BCUT2D eigenvalue weighted by molar-refractivity contribution is 7.14. The first-order valence-corrected chi connectivity index (χ1v) is 9.85. The molecule has 3 rings (SSSR count). The third-order valence-corrected chi connectivity index (χ3v) is 4.86. The van der Waals surface area contributed by atoms with Crippen LogP contribution in [0.15, 0.2) is 53.9 Å². The number of aryl methyl sites for hydroxylation is 1. The van der Waals surface area contributed by atoms with Gasteiger partial charge in [0.1, 0.15) is 12.4 Å². The van der Waals surface area contributed by atoms with Crippen LogP contribution in [0, 0.1) is 6.92 Å². The zero-order valence-corrected chi connectivity index (χ0v) is 17.3. The van der Waals surface area contributed by atoms with Gasteiger partial charge < -0.3 is 9.47 Å². The number of carbonyl (C=O) groups excluding carboxylic acids is 2. The van der Waals surface area contributed by atoms with Crippen molar-refractivity contribution >= 4 is 34.0 Å². The van der Waals surface area contributed by atoms with Crippen LogP contribution in [0.3, 0.4) is 0 Å². The maximum Gasteiger partial charge on any atom is 0.573 e. The number of amides is 1. The van der Waals surface area contributed by atoms with Crippen LogP contribution >= 0.6 is 11.3 Å². The van der Waals surface area contributed by atoms with E-state index in [1.54, 1.807) is 11.4 Å². The molecule has 0 saturated heterocycles. The Labute approximate surface area is 179 Å². The van der Waals surface area contributed by atoms with E-state index in [4.69, 9.17) is 4.74 Å². The van der Waals surface area contributed by atoms with E-state index in [1.807, 2.05) is 25.1 Å². The van der Waals surface area contributed by atoms with Gasteiger partial charge in [-0.2, -0.15) is 0 Å². The van der Waals surface area contributed by atoms with Crippen molar-refractivity contribution < 1.29 is 32.2 Å². The van der Waals surface area contributed by atoms with Crippen molar-refractivity contribution in [1.29, 1.82) is 0 Å². The molecule has 0 aliphatic heterocycles. The Morgan fingerprint density at radius 2 is 1.84 bits per heavy atom. The molecule has 0 fully saturated rings. The van der Waals surface area contributed by atoms with Crippen molar-refractivity contribution in [3.8, 4) is 5.75 Å². The summed E-state index contributed by atoms with van der Waals surface area (Å²) in [5.41, 5.74) is 2.16. The van der Waals surface area contributed by atoms with Gasteiger partial charge in [-0.1, -0.05) is 12.1 Å². The number of halogens is 3. The van der Waals surface area contributed by atoms with Gasteiger partial charge in [0.05, 0.1) is 16.9 Å². The van der Waals surface area contributed by atoms with Crippen molar-refractivity contribution in [2.24, 2.45) is 0 Å². The van der Waals surface area contributed by atoms with Gasteiger partial charge >= 0.3 is 12.3 Å². The van der Waals surface area contributed by atoms with Crippen molar-refractivity contribution in [2.45, 2.75) is 26.8 Å². The number of esters is 1. The number of hydrogen-bond donors (Lipinski definition) is 0. The number of carbonyl (C=O) groups is 2. The van der Waals surface area contributed by atoms with Crippen molar-refractivity contribution in [3.05, 3.63) is 70.7 Å². The number of thiazole rings is 1. The maximum atomic E-state index is 12.2. The fraction of sp³-hybridized carbons (Fsp3) is 0.190. The number of alkyl halides is 3. The first-order chi connectivity index (χ1) is 14.6. The molecule has 1 aromatic heterocycles. The largest absolute Gasteiger partial charge is 0.573 e. The van der Waals surface area contributed by atoms with E-state index in [9.17, 15) is 22.8 Å². The summed E-state index contributed by atoms with van der Waals surface area (Å²) in [5, 5.41) is 2.09. The van der Waals surface area contributed by atoms with Gasteiger partial charge in [0.15, 0.2) is 5.13 Å². The second kappa shape index (κ2) is 9.17. The van der Waals surface area contributed by atoms with Crippen molar-refractivity contribution in [2.75, 3.05) is 4.90 Å². The lowest BCUT2D eigenvalue weighted by molar-refractivity contribution is -0.274. The summed E-state index contributed by atoms with van der Waals surface area (Å²) in [6, 6.07) is 11.8. The first kappa shape index (κ1) is 22.3. The first-order valence-electron chi connectivity index (χ1n) is 8.97. The minimum Gasteiger partial charge on any atom is -0.456 e. The van der Waals surface area contributed by atoms with Crippen LogP contribution in [0.4, 0.5) is 24.0 Å². The van der Waals surface area contributed by atoms with Crippen LogP contribution < -0.4 is 9.64 Å². The predicted molar refractivity (Wildman–Crippen MR) is 108 cm³/mol. The zero-order valence-electron chi connectivity index (χ0n) is 16.5. The van der Waals surface area contributed by atoms with Crippen LogP contribution in [0.5, 0.6) is 5.75 Å². The van der Waals surface area contributed by atoms with E-state index in [1.165, 1.54) is 35.3 Å². The SMILES string of the molecule is CC(=O)N(c1cccc(C)c1)c1nc(COC(=O)c2ccc(OC(F)(F)F)cc2)cs1. The normalized spacial score (nSPS) is 11.1. The molecule has 1 heterocycles. The third kappa shape index (κ3) is 6.05. The lowest BCUT2D eigenvalue weighted by atomic mass is 10.2. The molecule has 3 aromatic rings. The molecule has 0 unspecified atom stereocenters. The van der Waals surface area contributed by atoms with E-state index in [-0.39, 0.29) is 18.1 Å². The molecule has 0 atom stereocenters. The van der Waals surface area contributed by atoms with Crippen LogP contribution in [0.2, 0.25) is 0 Å². The molecule has 31 heavy (non-hydrogen) atoms. The van der Waals surface area contributed by atoms with Crippen LogP contribution in [-0.2, 0) is 16.1 Å². The number of rotatable bonds is 6. The fourth-order valence-electron chi connectivity index (χ4n) is 2.67. The molecule has 0 saturated carbocycles. The zero-order chi connectivity index (χ0) is 22.6. The standard InChI is InChI=1S/C21H17F3N2O4S/c1-13-4-3-5-17(10-13)26(14(2)27)20-25-16(12-31-20)11-29-19(28)15-6-8-18(9-7-15)30-21(22,23)24/h3-10,12H,11H2,1-2H3. The van der Waals surface area contributed by atoms with E-state index in [0.717, 1.165) is 17.7 Å². The lowest BCUT2D eigenvalue weighted by Crippen LogP contribution is -2.22. The van der Waals surface area contributed by atoms with Gasteiger partial charge in [-0.3, -0.25) is 9.69 Å². The number of anilines is 2. The molecular formula is C21H17F3N2O4S. The van der Waals surface area contributed by atoms with E-state index >= 15 is 0 Å². The summed E-state index contributed by atoms with van der Waals surface area (Å²) in [4.78, 5) is 30.1.